The van der Waals surface area contributed by atoms with Gasteiger partial charge in [-0.15, -0.1) is 13.5 Å². The normalized spacial score (nSPS) is 22.8. The van der Waals surface area contributed by atoms with E-state index < -0.39 is 22.8 Å². The van der Waals surface area contributed by atoms with Gasteiger partial charge in [0.1, 0.15) is 23.0 Å². The molecule has 3 aromatic rings. The second-order valence-electron chi connectivity index (χ2n) is 7.74. The Labute approximate surface area is 217 Å². The molecule has 0 bridgehead atoms. The van der Waals surface area contributed by atoms with Crippen molar-refractivity contribution < 1.29 is 18.1 Å². The summed E-state index contributed by atoms with van der Waals surface area (Å²) in [6, 6.07) is 27.3. The van der Waals surface area contributed by atoms with E-state index in [1.54, 1.807) is 42.5 Å². The van der Waals surface area contributed by atoms with E-state index in [4.69, 9.17) is 38.1 Å². The van der Waals surface area contributed by atoms with Gasteiger partial charge in [-0.05, 0) is 61.9 Å². The first-order chi connectivity index (χ1) is 17.8. The molecule has 0 amide bonds. The van der Waals surface area contributed by atoms with E-state index >= 15 is 0 Å². The van der Waals surface area contributed by atoms with Crippen LogP contribution in [0.1, 0.15) is 20.3 Å². The van der Waals surface area contributed by atoms with Gasteiger partial charge in [-0.3, -0.25) is 0 Å². The topological polar surface area (TPSA) is 126 Å². The molecule has 3 aromatic carbocycles. The Morgan fingerprint density at radius 3 is 1.65 bits per heavy atom. The zero-order chi connectivity index (χ0) is 26.2. The molecule has 0 saturated heterocycles. The summed E-state index contributed by atoms with van der Waals surface area (Å²) in [6.45, 7) is 3.86. The second kappa shape index (κ2) is 12.0. The highest BCUT2D eigenvalue weighted by molar-refractivity contribution is 7.80. The van der Waals surface area contributed by atoms with Crippen molar-refractivity contribution in [3.63, 3.8) is 0 Å². The molecule has 0 radical (unpaired) electrons. The highest BCUT2D eigenvalue weighted by Crippen LogP contribution is 2.74. The minimum Gasteiger partial charge on any atom is -0.431 e. The smallest absolute Gasteiger partial charge is 0.431 e. The zero-order valence-corrected chi connectivity index (χ0v) is 23.3. The van der Waals surface area contributed by atoms with E-state index in [9.17, 15) is 0 Å². The van der Waals surface area contributed by atoms with Gasteiger partial charge in [-0.1, -0.05) is 67.6 Å². The van der Waals surface area contributed by atoms with Crippen molar-refractivity contribution >= 4 is 22.8 Å². The molecule has 0 saturated carbocycles. The summed E-state index contributed by atoms with van der Waals surface area (Å²) in [4.78, 5) is 0. The maximum atomic E-state index is 6.78. The third-order valence-corrected chi connectivity index (χ3v) is 12.5. The maximum absolute atomic E-state index is 6.78. The molecule has 2 unspecified atom stereocenters. The Morgan fingerprint density at radius 1 is 0.703 bits per heavy atom. The van der Waals surface area contributed by atoms with Gasteiger partial charge in [-0.25, -0.2) is 11.0 Å². The van der Waals surface area contributed by atoms with E-state index in [-0.39, 0.29) is 0 Å². The summed E-state index contributed by atoms with van der Waals surface area (Å²) in [7, 11) is -10.6. The van der Waals surface area contributed by atoms with E-state index in [0.717, 1.165) is 6.42 Å². The van der Waals surface area contributed by atoms with Crippen molar-refractivity contribution in [2.45, 2.75) is 20.3 Å². The first kappa shape index (κ1) is 27.0. The summed E-state index contributed by atoms with van der Waals surface area (Å²) in [5.41, 5.74) is 13.5. The Kier molecular flexibility index (Phi) is 8.75. The maximum Gasteiger partial charge on any atom is 0.457 e. The van der Waals surface area contributed by atoms with Gasteiger partial charge in [0.05, 0.1) is 0 Å². The summed E-state index contributed by atoms with van der Waals surface area (Å²) >= 11 is 0. The minimum atomic E-state index is -3.60. The summed E-state index contributed by atoms with van der Waals surface area (Å²) < 4.78 is 39.2. The fourth-order valence-corrected chi connectivity index (χ4v) is 11.5. The molecular weight excluding hydrogens is 527 g/mol. The molecule has 1 heterocycles. The lowest BCUT2D eigenvalue weighted by Gasteiger charge is -2.31. The predicted octanol–water partition coefficient (Wildman–Crippen LogP) is 8.88. The number of para-hydroxylation sites is 3. The molecule has 4 N–H and O–H groups in total. The molecular formula is C25H30N5O4P3. The number of nitrogens with two attached hydrogens (primary N) is 2. The van der Waals surface area contributed by atoms with E-state index in [1.165, 1.54) is 0 Å². The Hall–Kier alpha value is -3.05. The third kappa shape index (κ3) is 7.48. The number of hydrogen-bond donors (Lipinski definition) is 2. The molecule has 9 nitrogen and oxygen atoms in total. The van der Waals surface area contributed by atoms with Gasteiger partial charge in [0, 0.05) is 0 Å². The Bertz CT molecular complexity index is 1380. The minimum absolute atomic E-state index is 0.481. The van der Waals surface area contributed by atoms with Crippen LogP contribution in [0.5, 0.6) is 17.2 Å². The molecule has 1 aliphatic rings. The van der Waals surface area contributed by atoms with Gasteiger partial charge >= 0.3 is 22.8 Å². The average molecular weight is 557 g/mol. The third-order valence-electron chi connectivity index (χ3n) is 4.70. The molecule has 2 atom stereocenters. The SMILES string of the molecule is C/C=C(\C=C/CC)OP1(N)=NP(N)(Oc2ccccc2)=NP(Oc2ccccc2)(Oc2ccccc2)=N1. The molecule has 194 valence electrons. The van der Waals surface area contributed by atoms with Crippen LogP contribution >= 0.6 is 22.8 Å². The fourth-order valence-electron chi connectivity index (χ4n) is 3.17. The standard InChI is InChI=1S/C25H30N5O4P3/c1-3-5-15-22(4-2)31-35(26)28-36(27,32-23-16-9-6-10-17-23)30-37(29-35,33-24-18-11-7-12-19-24)34-25-20-13-8-14-21-25/h4-21H,3,26-27H2,1-2H3/b15-5-,22-4+. The average Bonchev–Trinajstić information content (AvgIpc) is 2.87. The fraction of sp³-hybridized carbons (Fsp3) is 0.120. The van der Waals surface area contributed by atoms with Crippen LogP contribution in [-0.4, -0.2) is 0 Å². The van der Waals surface area contributed by atoms with Crippen molar-refractivity contribution in [2.75, 3.05) is 0 Å². The van der Waals surface area contributed by atoms with Crippen LogP contribution in [0.15, 0.2) is 129 Å². The lowest BCUT2D eigenvalue weighted by Crippen LogP contribution is -2.11. The van der Waals surface area contributed by atoms with Crippen LogP contribution in [0.25, 0.3) is 0 Å². The van der Waals surface area contributed by atoms with Crippen molar-refractivity contribution in [3.05, 3.63) is 115 Å². The Balaban J connectivity index is 1.92. The van der Waals surface area contributed by atoms with Crippen molar-refractivity contribution in [1.82, 2.24) is 0 Å². The molecule has 1 aliphatic heterocycles. The first-order valence-corrected chi connectivity index (χ1v) is 16.5. The quantitative estimate of drug-likeness (QED) is 0.146. The molecule has 12 heteroatoms. The lowest BCUT2D eigenvalue weighted by atomic mass is 10.3. The van der Waals surface area contributed by atoms with Crippen molar-refractivity contribution in [3.8, 4) is 17.2 Å². The van der Waals surface area contributed by atoms with Gasteiger partial charge < -0.3 is 18.1 Å². The number of nitrogens with zero attached hydrogens (tertiary/aromatic N) is 3. The summed E-state index contributed by atoms with van der Waals surface area (Å²) in [5.74, 6) is 1.94. The lowest BCUT2D eigenvalue weighted by molar-refractivity contribution is 0.464. The predicted molar refractivity (Wildman–Crippen MR) is 152 cm³/mol. The monoisotopic (exact) mass is 557 g/mol. The highest BCUT2D eigenvalue weighted by atomic mass is 31.3. The van der Waals surface area contributed by atoms with Crippen LogP contribution in [0.4, 0.5) is 0 Å². The Morgan fingerprint density at radius 2 is 1.19 bits per heavy atom. The second-order valence-corrected chi connectivity index (χ2v) is 14.0. The number of rotatable bonds is 10. The molecule has 0 fully saturated rings. The summed E-state index contributed by atoms with van der Waals surface area (Å²) in [5, 5.41) is 0. The van der Waals surface area contributed by atoms with E-state index in [2.05, 4.69) is 4.52 Å². The van der Waals surface area contributed by atoms with Gasteiger partial charge in [0.15, 0.2) is 0 Å². The van der Waals surface area contributed by atoms with Gasteiger partial charge in [-0.2, -0.15) is 0 Å². The number of allylic oxidation sites excluding steroid dienone is 3. The first-order valence-electron chi connectivity index (χ1n) is 11.6. The van der Waals surface area contributed by atoms with Crippen LogP contribution in [0, 0.1) is 0 Å². The summed E-state index contributed by atoms with van der Waals surface area (Å²) in [6.07, 6.45) is 6.36. The number of hydrogen-bond acceptors (Lipinski definition) is 9. The van der Waals surface area contributed by atoms with E-state index in [1.807, 2.05) is 80.6 Å². The van der Waals surface area contributed by atoms with Crippen LogP contribution < -0.4 is 24.6 Å². The van der Waals surface area contributed by atoms with Crippen LogP contribution in [0.2, 0.25) is 0 Å². The molecule has 0 aromatic heterocycles. The highest BCUT2D eigenvalue weighted by Gasteiger charge is 2.41. The largest absolute Gasteiger partial charge is 0.457 e. The van der Waals surface area contributed by atoms with Crippen molar-refractivity contribution in [1.29, 1.82) is 0 Å². The van der Waals surface area contributed by atoms with Crippen LogP contribution in [-0.2, 0) is 4.52 Å². The number of benzene rings is 3. The molecule has 37 heavy (non-hydrogen) atoms. The molecule has 0 aliphatic carbocycles. The van der Waals surface area contributed by atoms with Crippen LogP contribution in [0.3, 0.4) is 0 Å². The molecule has 0 spiro atoms. The molecule has 4 rings (SSSR count). The van der Waals surface area contributed by atoms with E-state index in [0.29, 0.717) is 23.0 Å². The zero-order valence-electron chi connectivity index (χ0n) is 20.6. The van der Waals surface area contributed by atoms with Gasteiger partial charge in [0.2, 0.25) is 0 Å². The van der Waals surface area contributed by atoms with Crippen molar-refractivity contribution in [2.24, 2.45) is 24.6 Å². The van der Waals surface area contributed by atoms with Gasteiger partial charge in [0.25, 0.3) is 0 Å².